The highest BCUT2D eigenvalue weighted by molar-refractivity contribution is 5.55. The van der Waals surface area contributed by atoms with Crippen molar-refractivity contribution in [2.24, 2.45) is 7.05 Å². The van der Waals surface area contributed by atoms with Crippen LogP contribution in [0.5, 0.6) is 0 Å². The number of fused-ring (bicyclic) bond motifs is 1. The smallest absolute Gasteiger partial charge is 0.345 e. The molecule has 25 heavy (non-hydrogen) atoms. The Hall–Kier alpha value is -3.29. The van der Waals surface area contributed by atoms with Gasteiger partial charge in [-0.1, -0.05) is 30.3 Å². The Morgan fingerprint density at radius 2 is 1.96 bits per heavy atom. The van der Waals surface area contributed by atoms with Gasteiger partial charge >= 0.3 is 5.65 Å². The number of aryl methyl sites for hydroxylation is 3. The fourth-order valence-electron chi connectivity index (χ4n) is 2.68. The van der Waals surface area contributed by atoms with Crippen molar-refractivity contribution in [1.82, 2.24) is 29.8 Å². The average molecular weight is 335 g/mol. The molecule has 0 amide bonds. The molecule has 2 N–H and O–H groups in total. The Labute approximate surface area is 144 Å². The minimum absolute atomic E-state index is 0.515. The van der Waals surface area contributed by atoms with Crippen LogP contribution in [0.2, 0.25) is 0 Å². The van der Waals surface area contributed by atoms with E-state index in [1.54, 1.807) is 4.68 Å². The van der Waals surface area contributed by atoms with Crippen molar-refractivity contribution in [1.29, 1.82) is 0 Å². The van der Waals surface area contributed by atoms with Crippen LogP contribution in [0.4, 0.5) is 5.95 Å². The molecule has 0 radical (unpaired) electrons. The number of anilines is 1. The third-order valence-corrected chi connectivity index (χ3v) is 4.02. The van der Waals surface area contributed by atoms with Crippen LogP contribution in [0.1, 0.15) is 17.2 Å². The summed E-state index contributed by atoms with van der Waals surface area (Å²) in [7, 11) is 1.87. The summed E-state index contributed by atoms with van der Waals surface area (Å²) in [5.41, 5.74) is 3.71. The molecule has 3 aromatic heterocycles. The molecule has 0 aliphatic rings. The maximum atomic E-state index is 4.61. The summed E-state index contributed by atoms with van der Waals surface area (Å²) in [6.07, 6.45) is 1.83. The number of rotatable bonds is 4. The number of nitrogens with one attached hydrogen (secondary N) is 2. The van der Waals surface area contributed by atoms with E-state index in [-0.39, 0.29) is 0 Å². The highest BCUT2D eigenvalue weighted by atomic mass is 15.4. The molecule has 8 heteroatoms. The van der Waals surface area contributed by atoms with Gasteiger partial charge in [-0.05, 0) is 11.9 Å². The molecule has 1 aromatic carbocycles. The first-order chi connectivity index (χ1) is 12.1. The second-order valence-corrected chi connectivity index (χ2v) is 5.92. The molecule has 0 saturated carbocycles. The summed E-state index contributed by atoms with van der Waals surface area (Å²) in [4.78, 5) is 13.5. The number of hydrogen-bond acceptors (Lipinski definition) is 5. The first-order valence-electron chi connectivity index (χ1n) is 8.05. The average Bonchev–Trinajstić information content (AvgIpc) is 3.22. The van der Waals surface area contributed by atoms with Crippen LogP contribution in [0.15, 0.2) is 36.5 Å². The van der Waals surface area contributed by atoms with E-state index < -0.39 is 0 Å². The Kier molecular flexibility index (Phi) is 3.64. The highest BCUT2D eigenvalue weighted by Gasteiger charge is 2.18. The molecule has 0 aliphatic heterocycles. The summed E-state index contributed by atoms with van der Waals surface area (Å²) in [6, 6.07) is 9.91. The quantitative estimate of drug-likeness (QED) is 0.553. The monoisotopic (exact) mass is 335 g/mol. The lowest BCUT2D eigenvalue weighted by molar-refractivity contribution is -0.585. The molecule has 3 heterocycles. The summed E-state index contributed by atoms with van der Waals surface area (Å²) >= 11 is 0. The van der Waals surface area contributed by atoms with Crippen molar-refractivity contribution in [2.45, 2.75) is 20.4 Å². The van der Waals surface area contributed by atoms with E-state index in [4.69, 9.17) is 0 Å². The van der Waals surface area contributed by atoms with E-state index in [1.807, 2.05) is 61.9 Å². The maximum Gasteiger partial charge on any atom is 0.370 e. The van der Waals surface area contributed by atoms with E-state index >= 15 is 0 Å². The largest absolute Gasteiger partial charge is 0.370 e. The summed E-state index contributed by atoms with van der Waals surface area (Å²) in [5.74, 6) is 2.19. The molecule has 8 nitrogen and oxygen atoms in total. The van der Waals surface area contributed by atoms with Gasteiger partial charge in [-0.25, -0.2) is 9.67 Å². The van der Waals surface area contributed by atoms with Gasteiger partial charge in [-0.15, -0.1) is 9.61 Å². The van der Waals surface area contributed by atoms with Crippen molar-refractivity contribution in [3.8, 4) is 11.4 Å². The molecule has 4 aromatic rings. The lowest BCUT2D eigenvalue weighted by Crippen LogP contribution is -2.29. The second-order valence-electron chi connectivity index (χ2n) is 5.92. The van der Waals surface area contributed by atoms with Crippen LogP contribution in [-0.4, -0.2) is 29.8 Å². The summed E-state index contributed by atoms with van der Waals surface area (Å²) < 4.78 is 3.67. The van der Waals surface area contributed by atoms with Gasteiger partial charge in [0.25, 0.3) is 5.82 Å². The molecule has 0 aliphatic carbocycles. The van der Waals surface area contributed by atoms with Crippen LogP contribution >= 0.6 is 0 Å². The minimum Gasteiger partial charge on any atom is -0.345 e. The minimum atomic E-state index is 0.515. The number of hydrogen-bond donors (Lipinski definition) is 2. The molecule has 0 spiro atoms. The molecule has 0 fully saturated rings. The van der Waals surface area contributed by atoms with E-state index in [9.17, 15) is 0 Å². The van der Waals surface area contributed by atoms with Gasteiger partial charge < -0.3 is 5.32 Å². The molecule has 0 atom stereocenters. The zero-order valence-corrected chi connectivity index (χ0v) is 14.4. The first-order valence-corrected chi connectivity index (χ1v) is 8.05. The third kappa shape index (κ3) is 2.82. The number of H-pyrrole nitrogens is 1. The first kappa shape index (κ1) is 15.3. The van der Waals surface area contributed by atoms with Gasteiger partial charge in [-0.3, -0.25) is 0 Å². The SMILES string of the molecule is Cc1ncc(C)[n+]2[nH]c(CNc3nc(-c4ccccc4)nn3C)nc12. The van der Waals surface area contributed by atoms with Crippen LogP contribution in [-0.2, 0) is 13.6 Å². The maximum absolute atomic E-state index is 4.61. The van der Waals surface area contributed by atoms with E-state index in [0.717, 1.165) is 28.4 Å². The predicted molar refractivity (Wildman–Crippen MR) is 92.8 cm³/mol. The summed E-state index contributed by atoms with van der Waals surface area (Å²) in [6.45, 7) is 4.45. The van der Waals surface area contributed by atoms with Gasteiger partial charge in [-0.2, -0.15) is 10.1 Å². The van der Waals surface area contributed by atoms with E-state index in [0.29, 0.717) is 18.3 Å². The molecular weight excluding hydrogens is 316 g/mol. The van der Waals surface area contributed by atoms with Crippen LogP contribution in [0, 0.1) is 13.8 Å². The van der Waals surface area contributed by atoms with E-state index in [2.05, 4.69) is 30.5 Å². The van der Waals surface area contributed by atoms with Crippen LogP contribution in [0.25, 0.3) is 17.0 Å². The van der Waals surface area contributed by atoms with Crippen molar-refractivity contribution in [2.75, 3.05) is 5.32 Å². The van der Waals surface area contributed by atoms with Crippen molar-refractivity contribution < 1.29 is 4.52 Å². The van der Waals surface area contributed by atoms with Crippen molar-refractivity contribution in [3.63, 3.8) is 0 Å². The third-order valence-electron chi connectivity index (χ3n) is 4.02. The Morgan fingerprint density at radius 3 is 2.72 bits per heavy atom. The lowest BCUT2D eigenvalue weighted by Gasteiger charge is -1.99. The Morgan fingerprint density at radius 1 is 1.16 bits per heavy atom. The Bertz CT molecular complexity index is 993. The molecular formula is C17H19N8+. The second kappa shape index (κ2) is 5.97. The topological polar surface area (TPSA) is 88.4 Å². The zero-order chi connectivity index (χ0) is 17.4. The predicted octanol–water partition coefficient (Wildman–Crippen LogP) is 1.57. The fourth-order valence-corrected chi connectivity index (χ4v) is 2.68. The van der Waals surface area contributed by atoms with Crippen molar-refractivity contribution >= 4 is 11.6 Å². The molecule has 0 bridgehead atoms. The molecule has 0 saturated heterocycles. The van der Waals surface area contributed by atoms with Crippen molar-refractivity contribution in [3.05, 3.63) is 53.7 Å². The van der Waals surface area contributed by atoms with Crippen LogP contribution in [0.3, 0.4) is 0 Å². The lowest BCUT2D eigenvalue weighted by atomic mass is 10.2. The van der Waals surface area contributed by atoms with Gasteiger partial charge in [0.05, 0.1) is 6.20 Å². The van der Waals surface area contributed by atoms with Gasteiger partial charge in [0.15, 0.2) is 5.82 Å². The number of benzene rings is 1. The zero-order valence-electron chi connectivity index (χ0n) is 14.4. The van der Waals surface area contributed by atoms with Gasteiger partial charge in [0, 0.05) is 19.5 Å². The standard InChI is InChI=1S/C17H18N8/c1-11-9-18-12(2)16-20-14(22-25(11)16)10-19-17-21-15(23-24(17)3)13-7-5-4-6-8-13/h4-9H,10H2,1-3H3,(H,19,21,23)/p+1. The number of nitrogens with zero attached hydrogens (tertiary/aromatic N) is 6. The number of aromatic nitrogens is 7. The molecule has 4 rings (SSSR count). The Balaban J connectivity index is 1.57. The number of aromatic amines is 1. The van der Waals surface area contributed by atoms with Gasteiger partial charge in [0.1, 0.15) is 17.9 Å². The highest BCUT2D eigenvalue weighted by Crippen LogP contribution is 2.16. The normalized spacial score (nSPS) is 11.2. The van der Waals surface area contributed by atoms with Crippen LogP contribution < -0.4 is 9.83 Å². The van der Waals surface area contributed by atoms with Gasteiger partial charge in [0.2, 0.25) is 5.95 Å². The van der Waals surface area contributed by atoms with E-state index in [1.165, 1.54) is 0 Å². The summed E-state index contributed by atoms with van der Waals surface area (Å²) in [5, 5.41) is 11.0. The molecule has 126 valence electrons. The fraction of sp³-hybridized carbons (Fsp3) is 0.235. The molecule has 0 unspecified atom stereocenters.